The summed E-state index contributed by atoms with van der Waals surface area (Å²) < 4.78 is 2.09. The summed E-state index contributed by atoms with van der Waals surface area (Å²) >= 11 is 5.85. The van der Waals surface area contributed by atoms with E-state index in [1.165, 1.54) is 0 Å². The molecule has 0 radical (unpaired) electrons. The van der Waals surface area contributed by atoms with Gasteiger partial charge in [0.25, 0.3) is 0 Å². The Labute approximate surface area is 90.5 Å². The van der Waals surface area contributed by atoms with Crippen LogP contribution in [0.4, 0.5) is 5.95 Å². The van der Waals surface area contributed by atoms with E-state index < -0.39 is 0 Å². The Balaban J connectivity index is 2.24. The van der Waals surface area contributed by atoms with Crippen molar-refractivity contribution in [3.63, 3.8) is 0 Å². The van der Waals surface area contributed by atoms with Crippen molar-refractivity contribution >= 4 is 17.5 Å². The van der Waals surface area contributed by atoms with E-state index in [4.69, 9.17) is 11.6 Å². The molecule has 1 aromatic rings. The molecule has 0 bridgehead atoms. The van der Waals surface area contributed by atoms with Crippen LogP contribution in [0.25, 0.3) is 0 Å². The topological polar surface area (TPSA) is 29.9 Å². The lowest BCUT2D eigenvalue weighted by Gasteiger charge is -2.07. The van der Waals surface area contributed by atoms with Gasteiger partial charge in [0.05, 0.1) is 0 Å². The summed E-state index contributed by atoms with van der Waals surface area (Å²) in [6.07, 6.45) is 5.92. The molecule has 3 nitrogen and oxygen atoms in total. The van der Waals surface area contributed by atoms with Gasteiger partial charge in [-0.1, -0.05) is 0 Å². The number of nitrogens with zero attached hydrogens (tertiary/aromatic N) is 2. The molecule has 0 aliphatic carbocycles. The Kier molecular flexibility index (Phi) is 4.80. The van der Waals surface area contributed by atoms with E-state index >= 15 is 0 Å². The second-order valence-electron chi connectivity index (χ2n) is 3.39. The summed E-state index contributed by atoms with van der Waals surface area (Å²) in [6, 6.07) is 0. The zero-order valence-electron chi connectivity index (χ0n) is 8.83. The number of imidazole rings is 1. The van der Waals surface area contributed by atoms with Gasteiger partial charge in [0.1, 0.15) is 0 Å². The molecule has 1 heterocycles. The third kappa shape index (κ3) is 3.58. The normalized spacial score (nSPS) is 12.8. The first-order chi connectivity index (χ1) is 6.74. The number of aromatic nitrogens is 2. The largest absolute Gasteiger partial charge is 0.356 e. The van der Waals surface area contributed by atoms with Crippen LogP contribution in [0.15, 0.2) is 12.4 Å². The molecule has 0 amide bonds. The summed E-state index contributed by atoms with van der Waals surface area (Å²) in [4.78, 5) is 4.22. The van der Waals surface area contributed by atoms with Crippen molar-refractivity contribution in [2.24, 2.45) is 0 Å². The quantitative estimate of drug-likeness (QED) is 0.584. The number of hydrogen-bond donors (Lipinski definition) is 1. The number of nitrogens with one attached hydrogen (secondary N) is 1. The predicted molar refractivity (Wildman–Crippen MR) is 60.9 cm³/mol. The summed E-state index contributed by atoms with van der Waals surface area (Å²) in [5.74, 6) is 0.953. The highest BCUT2D eigenvalue weighted by atomic mass is 35.5. The molecule has 0 fully saturated rings. The first-order valence-electron chi connectivity index (χ1n) is 5.13. The first kappa shape index (κ1) is 11.4. The molecule has 4 heteroatoms. The van der Waals surface area contributed by atoms with Crippen molar-refractivity contribution in [2.75, 3.05) is 11.9 Å². The van der Waals surface area contributed by atoms with Crippen LogP contribution in [0.2, 0.25) is 0 Å². The molecule has 14 heavy (non-hydrogen) atoms. The van der Waals surface area contributed by atoms with Gasteiger partial charge >= 0.3 is 0 Å². The summed E-state index contributed by atoms with van der Waals surface area (Å²) in [7, 11) is 0. The van der Waals surface area contributed by atoms with Crippen molar-refractivity contribution in [3.05, 3.63) is 12.4 Å². The standard InChI is InChI=1S/C10H18ClN3/c1-3-14-8-7-13-10(14)12-6-4-5-9(2)11/h7-9H,3-6H2,1-2H3,(H,12,13). The van der Waals surface area contributed by atoms with Gasteiger partial charge in [0, 0.05) is 30.9 Å². The van der Waals surface area contributed by atoms with Crippen LogP contribution in [0.3, 0.4) is 0 Å². The van der Waals surface area contributed by atoms with Crippen LogP contribution < -0.4 is 5.32 Å². The van der Waals surface area contributed by atoms with E-state index in [-0.39, 0.29) is 5.38 Å². The number of rotatable bonds is 6. The van der Waals surface area contributed by atoms with E-state index in [0.29, 0.717) is 0 Å². The van der Waals surface area contributed by atoms with Crippen molar-refractivity contribution < 1.29 is 0 Å². The molecule has 1 rings (SSSR count). The number of hydrogen-bond acceptors (Lipinski definition) is 2. The molecule has 0 aliphatic heterocycles. The molecule has 1 N–H and O–H groups in total. The SMILES string of the molecule is CCn1ccnc1NCCCC(C)Cl. The zero-order chi connectivity index (χ0) is 10.4. The minimum atomic E-state index is 0.266. The highest BCUT2D eigenvalue weighted by Gasteiger charge is 2.00. The lowest BCUT2D eigenvalue weighted by atomic mass is 10.2. The van der Waals surface area contributed by atoms with E-state index in [9.17, 15) is 0 Å². The summed E-state index contributed by atoms with van der Waals surface area (Å²) in [5, 5.41) is 3.56. The molecule has 80 valence electrons. The van der Waals surface area contributed by atoms with Gasteiger partial charge in [-0.3, -0.25) is 0 Å². The molecule has 1 aromatic heterocycles. The second-order valence-corrected chi connectivity index (χ2v) is 4.13. The van der Waals surface area contributed by atoms with Gasteiger partial charge in [-0.05, 0) is 26.7 Å². The molecule has 0 aliphatic rings. The van der Waals surface area contributed by atoms with Crippen LogP contribution in [-0.4, -0.2) is 21.5 Å². The van der Waals surface area contributed by atoms with Crippen LogP contribution in [0.5, 0.6) is 0 Å². The van der Waals surface area contributed by atoms with Gasteiger partial charge in [-0.15, -0.1) is 11.6 Å². The zero-order valence-corrected chi connectivity index (χ0v) is 9.59. The average molecular weight is 216 g/mol. The Bertz CT molecular complexity index is 258. The van der Waals surface area contributed by atoms with Crippen molar-refractivity contribution in [3.8, 4) is 0 Å². The molecule has 0 saturated heterocycles. The molecule has 0 aromatic carbocycles. The minimum absolute atomic E-state index is 0.266. The Morgan fingerprint density at radius 3 is 3.07 bits per heavy atom. The van der Waals surface area contributed by atoms with E-state index in [1.807, 2.05) is 19.3 Å². The van der Waals surface area contributed by atoms with Crippen LogP contribution in [0.1, 0.15) is 26.7 Å². The third-order valence-electron chi connectivity index (χ3n) is 2.12. The second kappa shape index (κ2) is 5.91. The monoisotopic (exact) mass is 215 g/mol. The maximum absolute atomic E-state index is 5.85. The summed E-state index contributed by atoms with van der Waals surface area (Å²) in [5.41, 5.74) is 0. The van der Waals surface area contributed by atoms with Crippen molar-refractivity contribution in [1.82, 2.24) is 9.55 Å². The lowest BCUT2D eigenvalue weighted by molar-refractivity contribution is 0.726. The lowest BCUT2D eigenvalue weighted by Crippen LogP contribution is -2.09. The Morgan fingerprint density at radius 2 is 2.43 bits per heavy atom. The number of anilines is 1. The smallest absolute Gasteiger partial charge is 0.202 e. The fraction of sp³-hybridized carbons (Fsp3) is 0.700. The van der Waals surface area contributed by atoms with Crippen LogP contribution in [-0.2, 0) is 6.54 Å². The fourth-order valence-corrected chi connectivity index (χ4v) is 1.47. The first-order valence-corrected chi connectivity index (χ1v) is 5.56. The number of halogens is 1. The van der Waals surface area contributed by atoms with E-state index in [0.717, 1.165) is 31.9 Å². The van der Waals surface area contributed by atoms with E-state index in [1.54, 1.807) is 0 Å². The van der Waals surface area contributed by atoms with Crippen molar-refractivity contribution in [2.45, 2.75) is 38.6 Å². The Morgan fingerprint density at radius 1 is 1.64 bits per heavy atom. The molecule has 1 unspecified atom stereocenters. The summed E-state index contributed by atoms with van der Waals surface area (Å²) in [6.45, 7) is 6.02. The van der Waals surface area contributed by atoms with Crippen molar-refractivity contribution in [1.29, 1.82) is 0 Å². The van der Waals surface area contributed by atoms with Gasteiger partial charge in [-0.25, -0.2) is 4.98 Å². The molecule has 1 atom stereocenters. The molecular weight excluding hydrogens is 198 g/mol. The molecule has 0 saturated carbocycles. The number of aryl methyl sites for hydroxylation is 1. The fourth-order valence-electron chi connectivity index (χ4n) is 1.32. The maximum Gasteiger partial charge on any atom is 0.202 e. The highest BCUT2D eigenvalue weighted by Crippen LogP contribution is 2.06. The highest BCUT2D eigenvalue weighted by molar-refractivity contribution is 6.20. The van der Waals surface area contributed by atoms with Crippen LogP contribution in [0, 0.1) is 0 Å². The third-order valence-corrected chi connectivity index (χ3v) is 2.34. The van der Waals surface area contributed by atoms with Gasteiger partial charge in [0.15, 0.2) is 0 Å². The van der Waals surface area contributed by atoms with Crippen LogP contribution >= 0.6 is 11.6 Å². The van der Waals surface area contributed by atoms with E-state index in [2.05, 4.69) is 21.8 Å². The molecule has 0 spiro atoms. The maximum atomic E-state index is 5.85. The average Bonchev–Trinajstić information content (AvgIpc) is 2.59. The van der Waals surface area contributed by atoms with Gasteiger partial charge in [-0.2, -0.15) is 0 Å². The molecular formula is C10H18ClN3. The predicted octanol–water partition coefficient (Wildman–Crippen LogP) is 2.72. The Hall–Kier alpha value is -0.700. The minimum Gasteiger partial charge on any atom is -0.356 e. The van der Waals surface area contributed by atoms with Gasteiger partial charge in [0.2, 0.25) is 5.95 Å². The van der Waals surface area contributed by atoms with Gasteiger partial charge < -0.3 is 9.88 Å². The number of alkyl halides is 1.